The molecule has 100 valence electrons. The Labute approximate surface area is 108 Å². The van der Waals surface area contributed by atoms with Crippen molar-refractivity contribution >= 4 is 5.91 Å². The third-order valence-electron chi connectivity index (χ3n) is 2.89. The number of unbranched alkanes of at least 4 members (excludes halogenated alkanes) is 3. The van der Waals surface area contributed by atoms with E-state index in [1.54, 1.807) is 0 Å². The number of aromatic nitrogens is 1. The number of amides is 1. The fourth-order valence-electron chi connectivity index (χ4n) is 1.81. The molecule has 0 radical (unpaired) electrons. The molecule has 0 aliphatic carbocycles. The Bertz CT molecular complexity index is 382. The predicted octanol–water partition coefficient (Wildman–Crippen LogP) is 3.31. The summed E-state index contributed by atoms with van der Waals surface area (Å²) in [5.41, 5.74) is 0.0606. The monoisotopic (exact) mass is 252 g/mol. The van der Waals surface area contributed by atoms with Crippen LogP contribution in [0.1, 0.15) is 56.3 Å². The molecule has 1 aromatic heterocycles. The van der Waals surface area contributed by atoms with E-state index in [9.17, 15) is 9.18 Å². The standard InChI is InChI=1S/C14H21FN2O/c1-3-4-5-6-7-11(2)17-14(18)12-8-9-16-10-13(12)15/h8-11H,3-7H2,1-2H3,(H,17,18). The third kappa shape index (κ3) is 4.82. The van der Waals surface area contributed by atoms with Crippen LogP contribution in [0.25, 0.3) is 0 Å². The maximum atomic E-state index is 13.3. The molecule has 1 N–H and O–H groups in total. The van der Waals surface area contributed by atoms with Crippen LogP contribution in [-0.4, -0.2) is 16.9 Å². The number of pyridine rings is 1. The second-order valence-electron chi connectivity index (χ2n) is 4.58. The SMILES string of the molecule is CCCCCCC(C)NC(=O)c1ccncc1F. The highest BCUT2D eigenvalue weighted by molar-refractivity contribution is 5.94. The molecule has 3 nitrogen and oxygen atoms in total. The first-order chi connectivity index (χ1) is 8.65. The zero-order valence-electron chi connectivity index (χ0n) is 11.1. The molecular weight excluding hydrogens is 231 g/mol. The lowest BCUT2D eigenvalue weighted by Gasteiger charge is -2.13. The van der Waals surface area contributed by atoms with Gasteiger partial charge < -0.3 is 5.32 Å². The normalized spacial score (nSPS) is 12.2. The Morgan fingerprint density at radius 1 is 1.44 bits per heavy atom. The van der Waals surface area contributed by atoms with Crippen molar-refractivity contribution in [1.82, 2.24) is 10.3 Å². The Morgan fingerprint density at radius 3 is 2.89 bits per heavy atom. The van der Waals surface area contributed by atoms with E-state index in [1.807, 2.05) is 6.92 Å². The van der Waals surface area contributed by atoms with Gasteiger partial charge in [0.2, 0.25) is 0 Å². The maximum Gasteiger partial charge on any atom is 0.254 e. The molecule has 1 heterocycles. The zero-order chi connectivity index (χ0) is 13.4. The second kappa shape index (κ2) is 7.80. The lowest BCUT2D eigenvalue weighted by molar-refractivity contribution is 0.0933. The molecule has 0 fully saturated rings. The summed E-state index contributed by atoms with van der Waals surface area (Å²) >= 11 is 0. The summed E-state index contributed by atoms with van der Waals surface area (Å²) in [6.07, 6.45) is 8.10. The van der Waals surface area contributed by atoms with Gasteiger partial charge in [-0.15, -0.1) is 0 Å². The van der Waals surface area contributed by atoms with Crippen LogP contribution in [0, 0.1) is 5.82 Å². The first kappa shape index (κ1) is 14.6. The fraction of sp³-hybridized carbons (Fsp3) is 0.571. The minimum Gasteiger partial charge on any atom is -0.349 e. The Kier molecular flexibility index (Phi) is 6.33. The molecule has 0 saturated heterocycles. The van der Waals surface area contributed by atoms with Crippen molar-refractivity contribution in [3.8, 4) is 0 Å². The van der Waals surface area contributed by atoms with Gasteiger partial charge in [-0.2, -0.15) is 0 Å². The molecule has 1 rings (SSSR count). The van der Waals surface area contributed by atoms with Gasteiger partial charge in [0.15, 0.2) is 5.82 Å². The number of nitrogens with zero attached hydrogens (tertiary/aromatic N) is 1. The summed E-state index contributed by atoms with van der Waals surface area (Å²) in [5.74, 6) is -0.939. The lowest BCUT2D eigenvalue weighted by atomic mass is 10.1. The zero-order valence-corrected chi connectivity index (χ0v) is 11.1. The molecular formula is C14H21FN2O. The van der Waals surface area contributed by atoms with E-state index in [1.165, 1.54) is 31.5 Å². The van der Waals surface area contributed by atoms with E-state index in [4.69, 9.17) is 0 Å². The van der Waals surface area contributed by atoms with E-state index in [-0.39, 0.29) is 17.5 Å². The van der Waals surface area contributed by atoms with E-state index in [0.29, 0.717) is 0 Å². The van der Waals surface area contributed by atoms with Gasteiger partial charge in [-0.3, -0.25) is 9.78 Å². The molecule has 0 bridgehead atoms. The molecule has 0 aromatic carbocycles. The number of carbonyl (C=O) groups is 1. The fourth-order valence-corrected chi connectivity index (χ4v) is 1.81. The number of halogens is 1. The van der Waals surface area contributed by atoms with Crippen LogP contribution in [0.15, 0.2) is 18.5 Å². The average molecular weight is 252 g/mol. The topological polar surface area (TPSA) is 42.0 Å². The number of rotatable bonds is 7. The van der Waals surface area contributed by atoms with Crippen molar-refractivity contribution in [1.29, 1.82) is 0 Å². The van der Waals surface area contributed by atoms with Crippen LogP contribution in [-0.2, 0) is 0 Å². The molecule has 1 amide bonds. The van der Waals surface area contributed by atoms with Crippen LogP contribution in [0.4, 0.5) is 4.39 Å². The molecule has 0 saturated carbocycles. The van der Waals surface area contributed by atoms with Crippen molar-refractivity contribution in [3.63, 3.8) is 0 Å². The van der Waals surface area contributed by atoms with E-state index in [2.05, 4.69) is 17.2 Å². The maximum absolute atomic E-state index is 13.3. The van der Waals surface area contributed by atoms with Crippen molar-refractivity contribution < 1.29 is 9.18 Å². The first-order valence-corrected chi connectivity index (χ1v) is 6.55. The molecule has 18 heavy (non-hydrogen) atoms. The smallest absolute Gasteiger partial charge is 0.254 e. The van der Waals surface area contributed by atoms with E-state index < -0.39 is 5.82 Å². The summed E-state index contributed by atoms with van der Waals surface area (Å²) in [6.45, 7) is 4.11. The molecule has 0 spiro atoms. The van der Waals surface area contributed by atoms with Gasteiger partial charge >= 0.3 is 0 Å². The Morgan fingerprint density at radius 2 is 2.22 bits per heavy atom. The van der Waals surface area contributed by atoms with Crippen molar-refractivity contribution in [3.05, 3.63) is 29.8 Å². The quantitative estimate of drug-likeness (QED) is 0.756. The summed E-state index contributed by atoms with van der Waals surface area (Å²) in [5, 5.41) is 2.81. The van der Waals surface area contributed by atoms with Crippen LogP contribution in [0.5, 0.6) is 0 Å². The minimum absolute atomic E-state index is 0.0606. The van der Waals surface area contributed by atoms with Gasteiger partial charge in [-0.25, -0.2) is 4.39 Å². The summed E-state index contributed by atoms with van der Waals surface area (Å²) in [6, 6.07) is 1.47. The highest BCUT2D eigenvalue weighted by Crippen LogP contribution is 2.08. The second-order valence-corrected chi connectivity index (χ2v) is 4.58. The van der Waals surface area contributed by atoms with Crippen LogP contribution >= 0.6 is 0 Å². The summed E-state index contributed by atoms with van der Waals surface area (Å²) in [4.78, 5) is 15.4. The minimum atomic E-state index is -0.576. The number of hydrogen-bond acceptors (Lipinski definition) is 2. The van der Waals surface area contributed by atoms with Gasteiger partial charge in [-0.05, 0) is 19.4 Å². The third-order valence-corrected chi connectivity index (χ3v) is 2.89. The molecule has 4 heteroatoms. The summed E-state index contributed by atoms with van der Waals surface area (Å²) < 4.78 is 13.3. The molecule has 0 aliphatic heterocycles. The van der Waals surface area contributed by atoms with Gasteiger partial charge in [0.05, 0.1) is 11.8 Å². The molecule has 0 aliphatic rings. The number of carbonyl (C=O) groups excluding carboxylic acids is 1. The largest absolute Gasteiger partial charge is 0.349 e. The van der Waals surface area contributed by atoms with Crippen molar-refractivity contribution in [2.24, 2.45) is 0 Å². The number of hydrogen-bond donors (Lipinski definition) is 1. The van der Waals surface area contributed by atoms with Gasteiger partial charge in [0, 0.05) is 12.2 Å². The van der Waals surface area contributed by atoms with Gasteiger partial charge in [-0.1, -0.05) is 32.6 Å². The summed E-state index contributed by atoms with van der Waals surface area (Å²) in [7, 11) is 0. The lowest BCUT2D eigenvalue weighted by Crippen LogP contribution is -2.33. The Balaban J connectivity index is 2.38. The van der Waals surface area contributed by atoms with Crippen molar-refractivity contribution in [2.45, 2.75) is 52.0 Å². The van der Waals surface area contributed by atoms with Gasteiger partial charge in [0.1, 0.15) is 0 Å². The number of nitrogens with one attached hydrogen (secondary N) is 1. The van der Waals surface area contributed by atoms with E-state index >= 15 is 0 Å². The predicted molar refractivity (Wildman–Crippen MR) is 69.9 cm³/mol. The highest BCUT2D eigenvalue weighted by Gasteiger charge is 2.13. The molecule has 1 atom stereocenters. The van der Waals surface area contributed by atoms with E-state index in [0.717, 1.165) is 19.0 Å². The van der Waals surface area contributed by atoms with Crippen molar-refractivity contribution in [2.75, 3.05) is 0 Å². The van der Waals surface area contributed by atoms with Gasteiger partial charge in [0.25, 0.3) is 5.91 Å². The van der Waals surface area contributed by atoms with Crippen LogP contribution < -0.4 is 5.32 Å². The van der Waals surface area contributed by atoms with Crippen LogP contribution in [0.2, 0.25) is 0 Å². The highest BCUT2D eigenvalue weighted by atomic mass is 19.1. The molecule has 1 aromatic rings. The molecule has 1 unspecified atom stereocenters. The average Bonchev–Trinajstić information content (AvgIpc) is 2.35. The Hall–Kier alpha value is -1.45. The first-order valence-electron chi connectivity index (χ1n) is 6.55. The van der Waals surface area contributed by atoms with Crippen LogP contribution in [0.3, 0.4) is 0 Å².